The fourth-order valence-corrected chi connectivity index (χ4v) is 6.05. The second-order valence-corrected chi connectivity index (χ2v) is 12.4. The number of nitrogens with zero attached hydrogens (tertiary/aromatic N) is 5. The van der Waals surface area contributed by atoms with E-state index in [9.17, 15) is 14.7 Å². The molecule has 1 unspecified atom stereocenters. The molecule has 1 fully saturated rings. The number of nitrogens with one attached hydrogen (secondary N) is 1. The number of aliphatic carboxylic acids is 1. The molecule has 4 heterocycles. The Balaban J connectivity index is 1.36. The molecule has 214 valence electrons. The van der Waals surface area contributed by atoms with Gasteiger partial charge < -0.3 is 20.6 Å². The minimum Gasteiger partial charge on any atom is -0.481 e. The van der Waals surface area contributed by atoms with E-state index in [1.807, 2.05) is 22.9 Å². The largest absolute Gasteiger partial charge is 0.481 e. The summed E-state index contributed by atoms with van der Waals surface area (Å²) in [4.78, 5) is 38.8. The van der Waals surface area contributed by atoms with Crippen molar-refractivity contribution in [3.63, 3.8) is 0 Å². The maximum Gasteiger partial charge on any atom is 0.309 e. The average Bonchev–Trinajstić information content (AvgIpc) is 3.61. The molecule has 0 saturated heterocycles. The molecule has 0 radical (unpaired) electrons. The van der Waals surface area contributed by atoms with Crippen molar-refractivity contribution in [1.29, 1.82) is 0 Å². The summed E-state index contributed by atoms with van der Waals surface area (Å²) < 4.78 is 7.77. The Hall–Kier alpha value is -4.28. The SMILES string of the molecule is CC1CCC(Cn2nc(-c3nc(N)c4c(n3)NC(=O)C4(C)c3nc(CC(C)(C)C(=O)O)co3)c3ccccc32)CC1. The molecule has 2 aliphatic rings. The molecular weight excluding hydrogens is 522 g/mol. The number of oxazole rings is 1. The van der Waals surface area contributed by atoms with Crippen LogP contribution in [-0.4, -0.2) is 41.7 Å². The van der Waals surface area contributed by atoms with Crippen molar-refractivity contribution < 1.29 is 19.1 Å². The van der Waals surface area contributed by atoms with Crippen LogP contribution in [0.2, 0.25) is 0 Å². The highest BCUT2D eigenvalue weighted by atomic mass is 16.4. The average molecular weight is 558 g/mol. The standard InChI is InChI=1S/C30H35N7O4/c1-16-9-11-17(12-10-16)14-37-20-8-6-5-7-19(20)22(36-37)25-33-23(31)21-24(34-25)35-26(38)30(21,4)27-32-18(15-41-27)13-29(2,3)28(39)40/h5-8,15-17H,9-14H2,1-4H3,(H,39,40)(H3,31,33,34,35,38). The van der Waals surface area contributed by atoms with Crippen LogP contribution in [0.4, 0.5) is 11.6 Å². The predicted octanol–water partition coefficient (Wildman–Crippen LogP) is 4.80. The van der Waals surface area contributed by atoms with Gasteiger partial charge in [-0.3, -0.25) is 14.3 Å². The first-order chi connectivity index (χ1) is 19.5. The number of nitrogen functional groups attached to an aromatic ring is 1. The zero-order valence-electron chi connectivity index (χ0n) is 23.8. The lowest BCUT2D eigenvalue weighted by Crippen LogP contribution is -2.33. The molecular formula is C30H35N7O4. The third-order valence-electron chi connectivity index (χ3n) is 8.74. The molecule has 0 bridgehead atoms. The zero-order chi connectivity index (χ0) is 29.1. The Morgan fingerprint density at radius 1 is 1.20 bits per heavy atom. The molecule has 4 aromatic rings. The van der Waals surface area contributed by atoms with Gasteiger partial charge in [-0.1, -0.05) is 38.0 Å². The number of para-hydroxylation sites is 1. The monoisotopic (exact) mass is 557 g/mol. The van der Waals surface area contributed by atoms with E-state index in [2.05, 4.69) is 28.3 Å². The van der Waals surface area contributed by atoms with Crippen LogP contribution in [0.5, 0.6) is 0 Å². The number of aromatic nitrogens is 5. The van der Waals surface area contributed by atoms with Crippen molar-refractivity contribution in [1.82, 2.24) is 24.7 Å². The molecule has 0 spiro atoms. The number of carbonyl (C=O) groups is 2. The topological polar surface area (TPSA) is 162 Å². The van der Waals surface area contributed by atoms with E-state index in [1.54, 1.807) is 20.8 Å². The van der Waals surface area contributed by atoms with E-state index < -0.39 is 22.7 Å². The number of rotatable bonds is 7. The van der Waals surface area contributed by atoms with Gasteiger partial charge in [0.25, 0.3) is 0 Å². The number of anilines is 2. The van der Waals surface area contributed by atoms with E-state index in [0.717, 1.165) is 23.4 Å². The summed E-state index contributed by atoms with van der Waals surface area (Å²) in [5.74, 6) is 0.824. The highest BCUT2D eigenvalue weighted by Crippen LogP contribution is 2.45. The lowest BCUT2D eigenvalue weighted by Gasteiger charge is -2.26. The van der Waals surface area contributed by atoms with Crippen molar-refractivity contribution >= 4 is 34.4 Å². The molecule has 6 rings (SSSR count). The van der Waals surface area contributed by atoms with Crippen molar-refractivity contribution in [2.24, 2.45) is 17.3 Å². The number of nitrogens with two attached hydrogens (primary N) is 1. The molecule has 41 heavy (non-hydrogen) atoms. The number of amides is 1. The summed E-state index contributed by atoms with van der Waals surface area (Å²) in [6, 6.07) is 8.01. The van der Waals surface area contributed by atoms with Gasteiger partial charge >= 0.3 is 5.97 Å². The smallest absolute Gasteiger partial charge is 0.309 e. The molecule has 1 aromatic carbocycles. The van der Waals surface area contributed by atoms with E-state index in [0.29, 0.717) is 28.7 Å². The van der Waals surface area contributed by atoms with E-state index in [4.69, 9.17) is 20.2 Å². The van der Waals surface area contributed by atoms with Gasteiger partial charge in [-0.2, -0.15) is 5.10 Å². The third-order valence-corrected chi connectivity index (χ3v) is 8.74. The van der Waals surface area contributed by atoms with Crippen molar-refractivity contribution in [2.75, 3.05) is 11.1 Å². The van der Waals surface area contributed by atoms with Gasteiger partial charge in [-0.05, 0) is 51.5 Å². The maximum absolute atomic E-state index is 13.4. The highest BCUT2D eigenvalue weighted by molar-refractivity contribution is 6.08. The van der Waals surface area contributed by atoms with Crippen molar-refractivity contribution in [2.45, 2.75) is 71.8 Å². The lowest BCUT2D eigenvalue weighted by molar-refractivity contribution is -0.146. The summed E-state index contributed by atoms with van der Waals surface area (Å²) in [5.41, 5.74) is 6.50. The number of carbonyl (C=O) groups excluding carboxylic acids is 1. The molecule has 1 aliphatic heterocycles. The fraction of sp³-hybridized carbons (Fsp3) is 0.467. The first-order valence-corrected chi connectivity index (χ1v) is 14.1. The Labute approximate surface area is 237 Å². The van der Waals surface area contributed by atoms with E-state index >= 15 is 0 Å². The van der Waals surface area contributed by atoms with Crippen LogP contribution in [0.1, 0.15) is 70.5 Å². The van der Waals surface area contributed by atoms with Gasteiger partial charge in [-0.15, -0.1) is 0 Å². The van der Waals surface area contributed by atoms with Crippen LogP contribution in [0.25, 0.3) is 22.4 Å². The number of benzene rings is 1. The first kappa shape index (κ1) is 26.9. The predicted molar refractivity (Wildman–Crippen MR) is 153 cm³/mol. The molecule has 11 nitrogen and oxygen atoms in total. The van der Waals surface area contributed by atoms with Gasteiger partial charge in [0.1, 0.15) is 23.6 Å². The summed E-state index contributed by atoms with van der Waals surface area (Å²) in [6.45, 7) is 8.01. The molecule has 3 aromatic heterocycles. The van der Waals surface area contributed by atoms with Crippen LogP contribution >= 0.6 is 0 Å². The second kappa shape index (κ2) is 9.67. The molecule has 1 atom stereocenters. The minimum atomic E-state index is -1.39. The Bertz CT molecular complexity index is 1660. The molecule has 11 heteroatoms. The van der Waals surface area contributed by atoms with Crippen molar-refractivity contribution in [3.05, 3.63) is 47.7 Å². The minimum absolute atomic E-state index is 0.101. The number of hydrogen-bond acceptors (Lipinski definition) is 8. The second-order valence-electron chi connectivity index (χ2n) is 12.4. The quantitative estimate of drug-likeness (QED) is 0.290. The van der Waals surface area contributed by atoms with Crippen molar-refractivity contribution in [3.8, 4) is 11.5 Å². The van der Waals surface area contributed by atoms with Crippen LogP contribution in [0, 0.1) is 17.3 Å². The van der Waals surface area contributed by atoms with Crippen LogP contribution in [0.15, 0.2) is 34.9 Å². The summed E-state index contributed by atoms with van der Waals surface area (Å²) >= 11 is 0. The lowest BCUT2D eigenvalue weighted by atomic mass is 9.83. The van der Waals surface area contributed by atoms with Gasteiger partial charge in [0.2, 0.25) is 11.8 Å². The van der Waals surface area contributed by atoms with Crippen LogP contribution < -0.4 is 11.1 Å². The van der Waals surface area contributed by atoms with Crippen LogP contribution in [-0.2, 0) is 28.0 Å². The fourth-order valence-electron chi connectivity index (χ4n) is 6.05. The molecule has 1 saturated carbocycles. The highest BCUT2D eigenvalue weighted by Gasteiger charge is 2.51. The molecule has 1 amide bonds. The zero-order valence-corrected chi connectivity index (χ0v) is 23.8. The Kier molecular flexibility index (Phi) is 6.35. The summed E-state index contributed by atoms with van der Waals surface area (Å²) in [6.07, 6.45) is 6.37. The van der Waals surface area contributed by atoms with Gasteiger partial charge in [0.15, 0.2) is 11.2 Å². The third kappa shape index (κ3) is 4.53. The normalized spacial score (nSPS) is 22.6. The van der Waals surface area contributed by atoms with E-state index in [1.165, 1.54) is 31.9 Å². The number of fused-ring (bicyclic) bond motifs is 2. The Morgan fingerprint density at radius 3 is 2.66 bits per heavy atom. The maximum atomic E-state index is 13.4. The summed E-state index contributed by atoms with van der Waals surface area (Å²) in [5, 5.41) is 18.2. The van der Waals surface area contributed by atoms with Crippen LogP contribution in [0.3, 0.4) is 0 Å². The van der Waals surface area contributed by atoms with Gasteiger partial charge in [-0.25, -0.2) is 15.0 Å². The number of hydrogen-bond donors (Lipinski definition) is 3. The van der Waals surface area contributed by atoms with Gasteiger partial charge in [0, 0.05) is 18.4 Å². The Morgan fingerprint density at radius 2 is 1.93 bits per heavy atom. The van der Waals surface area contributed by atoms with Gasteiger partial charge in [0.05, 0.1) is 22.2 Å². The number of carboxylic acids is 1. The molecule has 4 N–H and O–H groups in total. The number of carboxylic acid groups (broad SMARTS) is 1. The molecule has 1 aliphatic carbocycles. The first-order valence-electron chi connectivity index (χ1n) is 14.1. The summed E-state index contributed by atoms with van der Waals surface area (Å²) in [7, 11) is 0. The van der Waals surface area contributed by atoms with E-state index in [-0.39, 0.29) is 23.9 Å².